The number of aromatic nitrogens is 1. The van der Waals surface area contributed by atoms with Crippen LogP contribution in [-0.4, -0.2) is 19.2 Å². The Kier molecular flexibility index (Phi) is 5.20. The van der Waals surface area contributed by atoms with Crippen LogP contribution >= 0.6 is 0 Å². The van der Waals surface area contributed by atoms with Gasteiger partial charge in [0, 0.05) is 32.8 Å². The van der Waals surface area contributed by atoms with E-state index in [-0.39, 0.29) is 5.56 Å². The first kappa shape index (κ1) is 23.1. The smallest absolute Gasteiger partial charge is 0.256 e. The average molecular weight is 512 g/mol. The molecule has 1 aliphatic heterocycles. The Bertz CT molecular complexity index is 1920. The Morgan fingerprint density at radius 2 is 1.18 bits per heavy atom. The van der Waals surface area contributed by atoms with E-state index in [1.165, 1.54) is 0 Å². The highest BCUT2D eigenvalue weighted by Crippen LogP contribution is 2.48. The molecule has 5 aromatic carbocycles. The van der Waals surface area contributed by atoms with Crippen molar-refractivity contribution in [1.29, 1.82) is 0 Å². The van der Waals surface area contributed by atoms with E-state index in [4.69, 9.17) is 14.2 Å². The number of nitrogens with one attached hydrogen (secondary N) is 1. The van der Waals surface area contributed by atoms with Crippen molar-refractivity contribution in [2.24, 2.45) is 0 Å². The number of hydrogen-bond acceptors (Lipinski definition) is 4. The van der Waals surface area contributed by atoms with Crippen LogP contribution in [0.2, 0.25) is 0 Å². The second-order valence-electron chi connectivity index (χ2n) is 9.67. The van der Waals surface area contributed by atoms with Gasteiger partial charge in [0.25, 0.3) is 5.56 Å². The molecule has 0 spiro atoms. The van der Waals surface area contributed by atoms with Gasteiger partial charge >= 0.3 is 0 Å². The number of H-pyrrole nitrogens is 1. The molecule has 0 bridgehead atoms. The monoisotopic (exact) mass is 511 g/mol. The highest BCUT2D eigenvalue weighted by molar-refractivity contribution is 6.22. The summed E-state index contributed by atoms with van der Waals surface area (Å²) in [5.74, 6) is 2.26. The van der Waals surface area contributed by atoms with Crippen molar-refractivity contribution in [2.45, 2.75) is 5.60 Å². The van der Waals surface area contributed by atoms with Gasteiger partial charge in [-0.15, -0.1) is 0 Å². The van der Waals surface area contributed by atoms with Gasteiger partial charge in [0.1, 0.15) is 17.2 Å². The zero-order valence-corrected chi connectivity index (χ0v) is 21.5. The molecule has 0 atom stereocenters. The molecule has 0 fully saturated rings. The van der Waals surface area contributed by atoms with E-state index < -0.39 is 5.60 Å². The lowest BCUT2D eigenvalue weighted by Crippen LogP contribution is -2.34. The molecule has 1 aromatic heterocycles. The maximum absolute atomic E-state index is 13.2. The van der Waals surface area contributed by atoms with Crippen molar-refractivity contribution in [3.63, 3.8) is 0 Å². The molecule has 39 heavy (non-hydrogen) atoms. The molecule has 0 amide bonds. The fourth-order valence-corrected chi connectivity index (χ4v) is 5.74. The first-order chi connectivity index (χ1) is 19.1. The Labute approximate surface area is 224 Å². The van der Waals surface area contributed by atoms with E-state index in [2.05, 4.69) is 29.3 Å². The minimum Gasteiger partial charge on any atom is -0.497 e. The third-order valence-electron chi connectivity index (χ3n) is 7.67. The Hall–Kier alpha value is -5.03. The van der Waals surface area contributed by atoms with Gasteiger partial charge in [0.2, 0.25) is 0 Å². The van der Waals surface area contributed by atoms with Crippen molar-refractivity contribution >= 4 is 38.5 Å². The van der Waals surface area contributed by atoms with Crippen molar-refractivity contribution < 1.29 is 14.2 Å². The number of benzene rings is 5. The van der Waals surface area contributed by atoms with E-state index in [1.807, 2.05) is 84.9 Å². The van der Waals surface area contributed by atoms with Crippen LogP contribution in [0.4, 0.5) is 0 Å². The molecule has 7 rings (SSSR count). The number of rotatable bonds is 4. The molecule has 2 heterocycles. The summed E-state index contributed by atoms with van der Waals surface area (Å²) in [6.45, 7) is 0. The van der Waals surface area contributed by atoms with Gasteiger partial charge in [-0.1, -0.05) is 66.7 Å². The molecule has 0 radical (unpaired) electrons. The molecule has 190 valence electrons. The zero-order chi connectivity index (χ0) is 26.6. The van der Waals surface area contributed by atoms with Gasteiger partial charge in [0.05, 0.1) is 19.7 Å². The van der Waals surface area contributed by atoms with Crippen molar-refractivity contribution in [2.75, 3.05) is 14.2 Å². The number of methoxy groups -OCH3 is 2. The molecule has 6 aromatic rings. The number of fused-ring (bicyclic) bond motifs is 8. The van der Waals surface area contributed by atoms with Crippen molar-refractivity contribution in [3.05, 3.63) is 130 Å². The molecule has 0 saturated carbocycles. The molecule has 1 N–H and O–H groups in total. The summed E-state index contributed by atoms with van der Waals surface area (Å²) in [6, 6.07) is 31.8. The van der Waals surface area contributed by atoms with Crippen LogP contribution in [0.15, 0.2) is 108 Å². The number of pyridine rings is 1. The average Bonchev–Trinajstić information content (AvgIpc) is 3.01. The lowest BCUT2D eigenvalue weighted by Gasteiger charge is -2.37. The van der Waals surface area contributed by atoms with Crippen LogP contribution in [-0.2, 0) is 5.60 Å². The minimum atomic E-state index is -0.918. The summed E-state index contributed by atoms with van der Waals surface area (Å²) in [5.41, 5.74) is 2.48. The molecule has 5 heteroatoms. The first-order valence-corrected chi connectivity index (χ1v) is 12.8. The van der Waals surface area contributed by atoms with Crippen LogP contribution in [0.1, 0.15) is 16.7 Å². The quantitative estimate of drug-likeness (QED) is 0.254. The van der Waals surface area contributed by atoms with E-state index >= 15 is 0 Å². The highest BCUT2D eigenvalue weighted by Gasteiger charge is 2.38. The van der Waals surface area contributed by atoms with Gasteiger partial charge in [-0.05, 0) is 53.3 Å². The van der Waals surface area contributed by atoms with Crippen molar-refractivity contribution in [3.8, 4) is 17.2 Å². The normalized spacial score (nSPS) is 13.8. The number of aromatic amines is 1. The maximum atomic E-state index is 13.2. The predicted octanol–water partition coefficient (Wildman–Crippen LogP) is 7.20. The molecule has 1 aliphatic rings. The Morgan fingerprint density at radius 1 is 0.667 bits per heavy atom. The number of ether oxygens (including phenoxy) is 3. The van der Waals surface area contributed by atoms with Gasteiger partial charge in [-0.3, -0.25) is 4.79 Å². The van der Waals surface area contributed by atoms with Gasteiger partial charge in [-0.25, -0.2) is 0 Å². The predicted molar refractivity (Wildman–Crippen MR) is 156 cm³/mol. The van der Waals surface area contributed by atoms with E-state index in [0.29, 0.717) is 5.39 Å². The molecular formula is C34H25NO4. The SMILES string of the molecule is COc1ccc(C2(c3ccc(OC)cc3)C=Cc3c(c4ccccc4c4c3[nH]c(=O)c3ccccc34)O2)cc1. The second-order valence-corrected chi connectivity index (χ2v) is 9.67. The summed E-state index contributed by atoms with van der Waals surface area (Å²) in [7, 11) is 3.31. The molecule has 0 aliphatic carbocycles. The molecular weight excluding hydrogens is 486 g/mol. The summed E-state index contributed by atoms with van der Waals surface area (Å²) in [5, 5.41) is 4.60. The van der Waals surface area contributed by atoms with Crippen LogP contribution < -0.4 is 19.8 Å². The fourth-order valence-electron chi connectivity index (χ4n) is 5.74. The standard InChI is InChI=1S/C34H25NO4/c1-37-23-15-11-21(12-16-23)34(22-13-17-24(38-2)18-14-22)20-19-29-31-30(25-7-3-5-9-27(25)32(29)39-34)26-8-4-6-10-28(26)33(36)35-31/h3-20H,1-2H3,(H,35,36). The van der Waals surface area contributed by atoms with Crippen molar-refractivity contribution in [1.82, 2.24) is 4.98 Å². The Balaban J connectivity index is 1.56. The first-order valence-electron chi connectivity index (χ1n) is 12.8. The summed E-state index contributed by atoms with van der Waals surface area (Å²) < 4.78 is 18.0. The lowest BCUT2D eigenvalue weighted by molar-refractivity contribution is 0.163. The fraction of sp³-hybridized carbons (Fsp3) is 0.0882. The number of hydrogen-bond donors (Lipinski definition) is 1. The van der Waals surface area contributed by atoms with Crippen LogP contribution in [0, 0.1) is 0 Å². The van der Waals surface area contributed by atoms with Crippen LogP contribution in [0.3, 0.4) is 0 Å². The second kappa shape index (κ2) is 8.77. The largest absolute Gasteiger partial charge is 0.497 e. The summed E-state index contributed by atoms with van der Waals surface area (Å²) in [4.78, 5) is 16.3. The Morgan fingerprint density at radius 3 is 1.74 bits per heavy atom. The van der Waals surface area contributed by atoms with E-state index in [9.17, 15) is 4.79 Å². The van der Waals surface area contributed by atoms with Gasteiger partial charge in [-0.2, -0.15) is 0 Å². The molecule has 5 nitrogen and oxygen atoms in total. The van der Waals surface area contributed by atoms with Gasteiger partial charge in [0.15, 0.2) is 5.60 Å². The summed E-state index contributed by atoms with van der Waals surface area (Å²) in [6.07, 6.45) is 4.15. The highest BCUT2D eigenvalue weighted by atomic mass is 16.5. The van der Waals surface area contributed by atoms with Gasteiger partial charge < -0.3 is 19.2 Å². The van der Waals surface area contributed by atoms with E-state index in [0.717, 1.165) is 61.0 Å². The third kappa shape index (κ3) is 3.43. The summed E-state index contributed by atoms with van der Waals surface area (Å²) >= 11 is 0. The molecule has 0 unspecified atom stereocenters. The third-order valence-corrected chi connectivity index (χ3v) is 7.67. The van der Waals surface area contributed by atoms with E-state index in [1.54, 1.807) is 14.2 Å². The molecule has 0 saturated heterocycles. The maximum Gasteiger partial charge on any atom is 0.256 e. The van der Waals surface area contributed by atoms with Crippen LogP contribution in [0.5, 0.6) is 17.2 Å². The zero-order valence-electron chi connectivity index (χ0n) is 21.5. The van der Waals surface area contributed by atoms with Crippen LogP contribution in [0.25, 0.3) is 38.5 Å². The lowest BCUT2D eigenvalue weighted by atomic mass is 9.82. The minimum absolute atomic E-state index is 0.119. The topological polar surface area (TPSA) is 60.5 Å².